The number of nitrogens with one attached hydrogen (secondary N) is 2. The molecule has 0 radical (unpaired) electrons. The fourth-order valence-electron chi connectivity index (χ4n) is 4.21. The molecule has 0 unspecified atom stereocenters. The van der Waals surface area contributed by atoms with E-state index in [1.54, 1.807) is 17.0 Å². The lowest BCUT2D eigenvalue weighted by molar-refractivity contribution is 0.182. The number of fused-ring (bicyclic) bond motifs is 1. The van der Waals surface area contributed by atoms with Gasteiger partial charge in [0, 0.05) is 18.8 Å². The third-order valence-corrected chi connectivity index (χ3v) is 6.76. The van der Waals surface area contributed by atoms with Gasteiger partial charge in [0.1, 0.15) is 0 Å². The van der Waals surface area contributed by atoms with Crippen LogP contribution in [0.2, 0.25) is 10.0 Å². The molecule has 1 aliphatic heterocycles. The Morgan fingerprint density at radius 1 is 1.32 bits per heavy atom. The first-order valence-corrected chi connectivity index (χ1v) is 11.5. The summed E-state index contributed by atoms with van der Waals surface area (Å²) in [5.74, 6) is 0.558. The normalized spacial score (nSPS) is 21.5. The van der Waals surface area contributed by atoms with Crippen LogP contribution in [0.5, 0.6) is 0 Å². The molecular formula is C22H27Cl2N5O2. The van der Waals surface area contributed by atoms with Gasteiger partial charge in [-0.1, -0.05) is 36.2 Å². The molecule has 2 aromatic rings. The summed E-state index contributed by atoms with van der Waals surface area (Å²) >= 11 is 12.2. The van der Waals surface area contributed by atoms with Crippen LogP contribution in [0.1, 0.15) is 55.5 Å². The quantitative estimate of drug-likeness (QED) is 0.613. The lowest BCUT2D eigenvalue weighted by Crippen LogP contribution is -2.44. The molecule has 3 atom stereocenters. The molecule has 31 heavy (non-hydrogen) atoms. The van der Waals surface area contributed by atoms with E-state index < -0.39 is 0 Å². The van der Waals surface area contributed by atoms with E-state index in [9.17, 15) is 9.90 Å². The molecule has 9 heteroatoms. The third-order valence-electron chi connectivity index (χ3n) is 6.02. The Hall–Kier alpha value is -2.09. The Labute approximate surface area is 192 Å². The van der Waals surface area contributed by atoms with Gasteiger partial charge in [0.15, 0.2) is 0 Å². The van der Waals surface area contributed by atoms with Gasteiger partial charge in [0.05, 0.1) is 34.4 Å². The van der Waals surface area contributed by atoms with Crippen molar-refractivity contribution in [2.45, 2.75) is 63.8 Å². The average molecular weight is 464 g/mol. The average Bonchev–Trinajstić information content (AvgIpc) is 3.17. The van der Waals surface area contributed by atoms with Gasteiger partial charge in [-0.3, -0.25) is 0 Å². The number of benzene rings is 1. The maximum absolute atomic E-state index is 13.0. The number of anilines is 1. The second kappa shape index (κ2) is 9.59. The van der Waals surface area contributed by atoms with Crippen molar-refractivity contribution in [2.75, 3.05) is 11.9 Å². The zero-order valence-corrected chi connectivity index (χ0v) is 19.0. The van der Waals surface area contributed by atoms with Crippen LogP contribution in [-0.4, -0.2) is 44.7 Å². The number of amides is 2. The molecule has 2 heterocycles. The minimum absolute atomic E-state index is 0.129. The van der Waals surface area contributed by atoms with Crippen molar-refractivity contribution < 1.29 is 9.90 Å². The third kappa shape index (κ3) is 5.22. The van der Waals surface area contributed by atoms with E-state index in [1.807, 2.05) is 19.2 Å². The molecule has 3 N–H and O–H groups in total. The molecule has 4 rings (SSSR count). The van der Waals surface area contributed by atoms with Gasteiger partial charge >= 0.3 is 6.03 Å². The number of carbonyl (C=O) groups is 1. The van der Waals surface area contributed by atoms with Crippen molar-refractivity contribution in [1.82, 2.24) is 20.2 Å². The minimum atomic E-state index is -0.253. The molecule has 0 saturated heterocycles. The topological polar surface area (TPSA) is 90.4 Å². The summed E-state index contributed by atoms with van der Waals surface area (Å²) in [5.41, 5.74) is 2.85. The van der Waals surface area contributed by atoms with Crippen LogP contribution in [0.4, 0.5) is 10.7 Å². The van der Waals surface area contributed by atoms with E-state index in [1.165, 1.54) is 0 Å². The molecule has 2 amide bonds. The number of urea groups is 1. The highest BCUT2D eigenvalue weighted by atomic mass is 35.5. The summed E-state index contributed by atoms with van der Waals surface area (Å²) in [5, 5.41) is 17.1. The molecule has 1 aliphatic carbocycles. The molecule has 0 spiro atoms. The monoisotopic (exact) mass is 463 g/mol. The maximum Gasteiger partial charge on any atom is 0.318 e. The van der Waals surface area contributed by atoms with Crippen LogP contribution >= 0.6 is 23.2 Å². The molecule has 0 bridgehead atoms. The van der Waals surface area contributed by atoms with Crippen molar-refractivity contribution >= 4 is 35.2 Å². The van der Waals surface area contributed by atoms with E-state index in [0.29, 0.717) is 35.5 Å². The Morgan fingerprint density at radius 2 is 2.16 bits per heavy atom. The lowest BCUT2D eigenvalue weighted by atomic mass is 10.0. The number of aliphatic hydroxyl groups is 1. The summed E-state index contributed by atoms with van der Waals surface area (Å²) in [4.78, 5) is 23.8. The van der Waals surface area contributed by atoms with Gasteiger partial charge in [-0.25, -0.2) is 14.8 Å². The van der Waals surface area contributed by atoms with E-state index in [4.69, 9.17) is 23.2 Å². The standard InChI is InChI=1S/C22H27Cl2N5O2/c1-2-19(13-3-6-17(23)18(24)9-13)28-22(31)29-8-7-14-11-25-21(27-20(14)12-29)26-15-4-5-16(30)10-15/h3,6,9,11,15-16,19,30H,2,4-5,7-8,10,12H2,1H3,(H,28,31)(H,25,26,27)/t15-,16-,19+/m0/s1. The predicted octanol–water partition coefficient (Wildman–Crippen LogP) is 4.33. The minimum Gasteiger partial charge on any atom is -0.393 e. The zero-order valence-electron chi connectivity index (χ0n) is 17.4. The number of hydrogen-bond donors (Lipinski definition) is 3. The van der Waals surface area contributed by atoms with Crippen LogP contribution in [-0.2, 0) is 13.0 Å². The Bertz CT molecular complexity index is 957. The van der Waals surface area contributed by atoms with Gasteiger partial charge in [0.25, 0.3) is 0 Å². The number of hydrogen-bond acceptors (Lipinski definition) is 5. The predicted molar refractivity (Wildman–Crippen MR) is 121 cm³/mol. The Morgan fingerprint density at radius 3 is 2.87 bits per heavy atom. The summed E-state index contributed by atoms with van der Waals surface area (Å²) in [7, 11) is 0. The summed E-state index contributed by atoms with van der Waals surface area (Å²) in [6.45, 7) is 3.06. The van der Waals surface area contributed by atoms with Crippen LogP contribution in [0, 0.1) is 0 Å². The van der Waals surface area contributed by atoms with Gasteiger partial charge in [-0.15, -0.1) is 0 Å². The van der Waals surface area contributed by atoms with E-state index in [2.05, 4.69) is 20.6 Å². The van der Waals surface area contributed by atoms with Gasteiger partial charge < -0.3 is 20.6 Å². The van der Waals surface area contributed by atoms with Crippen LogP contribution in [0.25, 0.3) is 0 Å². The molecule has 1 saturated carbocycles. The molecule has 1 aromatic heterocycles. The van der Waals surface area contributed by atoms with Crippen molar-refractivity contribution in [3.05, 3.63) is 51.3 Å². The van der Waals surface area contributed by atoms with Crippen molar-refractivity contribution in [3.8, 4) is 0 Å². The molecule has 166 valence electrons. The van der Waals surface area contributed by atoms with Gasteiger partial charge in [0.2, 0.25) is 5.95 Å². The smallest absolute Gasteiger partial charge is 0.318 e. The van der Waals surface area contributed by atoms with E-state index >= 15 is 0 Å². The first kappa shape index (κ1) is 22.1. The van der Waals surface area contributed by atoms with E-state index in [0.717, 1.165) is 42.5 Å². The van der Waals surface area contributed by atoms with Crippen molar-refractivity contribution in [1.29, 1.82) is 0 Å². The fourth-order valence-corrected chi connectivity index (χ4v) is 4.51. The first-order chi connectivity index (χ1) is 14.9. The van der Waals surface area contributed by atoms with Gasteiger partial charge in [-0.05, 0) is 55.4 Å². The molecular weight excluding hydrogens is 437 g/mol. The van der Waals surface area contributed by atoms with Crippen LogP contribution < -0.4 is 10.6 Å². The summed E-state index contributed by atoms with van der Waals surface area (Å²) in [6, 6.07) is 5.34. The Kier molecular flexibility index (Phi) is 6.84. The fraction of sp³-hybridized carbons (Fsp3) is 0.500. The number of rotatable bonds is 5. The number of halogens is 2. The number of carbonyl (C=O) groups excluding carboxylic acids is 1. The molecule has 7 nitrogen and oxygen atoms in total. The second-order valence-electron chi connectivity index (χ2n) is 8.23. The molecule has 1 fully saturated rings. The maximum atomic E-state index is 13.0. The highest BCUT2D eigenvalue weighted by Crippen LogP contribution is 2.28. The summed E-state index contributed by atoms with van der Waals surface area (Å²) < 4.78 is 0. The van der Waals surface area contributed by atoms with Crippen molar-refractivity contribution in [3.63, 3.8) is 0 Å². The summed E-state index contributed by atoms with van der Waals surface area (Å²) in [6.07, 6.45) is 5.46. The van der Waals surface area contributed by atoms with Crippen molar-refractivity contribution in [2.24, 2.45) is 0 Å². The Balaban J connectivity index is 1.41. The van der Waals surface area contributed by atoms with Crippen LogP contribution in [0.3, 0.4) is 0 Å². The number of nitrogens with zero attached hydrogens (tertiary/aromatic N) is 3. The first-order valence-electron chi connectivity index (χ1n) is 10.7. The largest absolute Gasteiger partial charge is 0.393 e. The van der Waals surface area contributed by atoms with Crippen LogP contribution in [0.15, 0.2) is 24.4 Å². The highest BCUT2D eigenvalue weighted by molar-refractivity contribution is 6.42. The number of aliphatic hydroxyl groups excluding tert-OH is 1. The SMILES string of the molecule is CC[C@@H](NC(=O)N1CCc2cnc(N[C@H]3CC[C@H](O)C3)nc2C1)c1ccc(Cl)c(Cl)c1. The van der Waals surface area contributed by atoms with E-state index in [-0.39, 0.29) is 24.2 Å². The lowest BCUT2D eigenvalue weighted by Gasteiger charge is -2.30. The van der Waals surface area contributed by atoms with Gasteiger partial charge in [-0.2, -0.15) is 0 Å². The number of aromatic nitrogens is 2. The molecule has 2 aliphatic rings. The second-order valence-corrected chi connectivity index (χ2v) is 9.04. The highest BCUT2D eigenvalue weighted by Gasteiger charge is 2.26. The molecule has 1 aromatic carbocycles. The zero-order chi connectivity index (χ0) is 22.0.